The zero-order valence-electron chi connectivity index (χ0n) is 9.17. The Morgan fingerprint density at radius 1 is 1.00 bits per heavy atom. The standard InChI is InChI=1S/C12H11N2.CH3.Pt/c1-2-10-6-5-8-12(14-10)11-7-3-4-9-13-11;;/h3-9H,1-2H2;1H3;/q2*-1;+2. The summed E-state index contributed by atoms with van der Waals surface area (Å²) in [6, 6.07) is 11.7. The predicted octanol–water partition coefficient (Wildman–Crippen LogP) is 2.97. The van der Waals surface area contributed by atoms with E-state index in [2.05, 4.69) is 16.9 Å². The van der Waals surface area contributed by atoms with Crippen LogP contribution in [0.1, 0.15) is 5.69 Å². The Morgan fingerprint density at radius 3 is 2.38 bits per heavy atom. The fourth-order valence-electron chi connectivity index (χ4n) is 1.28. The van der Waals surface area contributed by atoms with Crippen molar-refractivity contribution in [2.45, 2.75) is 6.42 Å². The average molecular weight is 393 g/mol. The fourth-order valence-corrected chi connectivity index (χ4v) is 1.28. The zero-order chi connectivity index (χ0) is 9.80. The Bertz CT molecular complexity index is 415. The minimum absolute atomic E-state index is 0. The van der Waals surface area contributed by atoms with Crippen LogP contribution in [0.2, 0.25) is 0 Å². The van der Waals surface area contributed by atoms with Crippen LogP contribution in [0.5, 0.6) is 0 Å². The van der Waals surface area contributed by atoms with Gasteiger partial charge < -0.3 is 14.4 Å². The summed E-state index contributed by atoms with van der Waals surface area (Å²) in [5, 5.41) is 0. The normalized spacial score (nSPS) is 8.81. The predicted molar refractivity (Wildman–Crippen MR) is 62.9 cm³/mol. The van der Waals surface area contributed by atoms with E-state index in [4.69, 9.17) is 0 Å². The van der Waals surface area contributed by atoms with Crippen molar-refractivity contribution in [2.75, 3.05) is 0 Å². The molecule has 0 saturated carbocycles. The summed E-state index contributed by atoms with van der Waals surface area (Å²) in [5.74, 6) is 0. The number of aromatic nitrogens is 2. The molecule has 2 rings (SSSR count). The van der Waals surface area contributed by atoms with Crippen molar-refractivity contribution in [2.24, 2.45) is 0 Å². The van der Waals surface area contributed by atoms with Gasteiger partial charge in [0.1, 0.15) is 0 Å². The molecule has 0 aliphatic heterocycles. The summed E-state index contributed by atoms with van der Waals surface area (Å²) in [5.41, 5.74) is 2.81. The van der Waals surface area contributed by atoms with Crippen molar-refractivity contribution in [3.8, 4) is 11.4 Å². The molecule has 0 bridgehead atoms. The summed E-state index contributed by atoms with van der Waals surface area (Å²) in [4.78, 5) is 8.68. The topological polar surface area (TPSA) is 25.8 Å². The van der Waals surface area contributed by atoms with E-state index in [0.29, 0.717) is 6.42 Å². The van der Waals surface area contributed by atoms with Gasteiger partial charge in [-0.1, -0.05) is 12.1 Å². The molecule has 2 aromatic heterocycles. The van der Waals surface area contributed by atoms with Gasteiger partial charge in [0.2, 0.25) is 0 Å². The molecular weight excluding hydrogens is 379 g/mol. The second-order valence-electron chi connectivity index (χ2n) is 2.98. The Kier molecular flexibility index (Phi) is 6.83. The minimum atomic E-state index is 0. The van der Waals surface area contributed by atoms with Crippen LogP contribution >= 0.6 is 0 Å². The Balaban J connectivity index is 0.00000112. The summed E-state index contributed by atoms with van der Waals surface area (Å²) >= 11 is 0. The summed E-state index contributed by atoms with van der Waals surface area (Å²) in [6.07, 6.45) is 2.48. The first-order chi connectivity index (χ1) is 6.90. The second kappa shape index (κ2) is 7.29. The molecule has 2 nitrogen and oxygen atoms in total. The summed E-state index contributed by atoms with van der Waals surface area (Å²) in [6.45, 7) is 3.81. The van der Waals surface area contributed by atoms with Gasteiger partial charge in [-0.25, -0.2) is 0 Å². The van der Waals surface area contributed by atoms with Crippen molar-refractivity contribution >= 4 is 0 Å². The average Bonchev–Trinajstić information content (AvgIpc) is 2.30. The van der Waals surface area contributed by atoms with Crippen LogP contribution in [0.3, 0.4) is 0 Å². The maximum absolute atomic E-state index is 4.44. The van der Waals surface area contributed by atoms with E-state index in [1.165, 1.54) is 0 Å². The van der Waals surface area contributed by atoms with Crippen LogP contribution in [-0.4, -0.2) is 9.97 Å². The number of hydrogen-bond acceptors (Lipinski definition) is 2. The van der Waals surface area contributed by atoms with Crippen LogP contribution in [0.4, 0.5) is 0 Å². The molecule has 16 heavy (non-hydrogen) atoms. The van der Waals surface area contributed by atoms with E-state index in [0.717, 1.165) is 17.1 Å². The van der Waals surface area contributed by atoms with Gasteiger partial charge in [-0.3, -0.25) is 9.97 Å². The Morgan fingerprint density at radius 2 is 1.75 bits per heavy atom. The van der Waals surface area contributed by atoms with Gasteiger partial charge in [-0.15, -0.1) is 6.42 Å². The third-order valence-electron chi connectivity index (χ3n) is 1.99. The fraction of sp³-hybridized carbons (Fsp3) is 0.0769. The van der Waals surface area contributed by atoms with Gasteiger partial charge in [0, 0.05) is 11.9 Å². The molecule has 3 heteroatoms. The van der Waals surface area contributed by atoms with Crippen LogP contribution in [-0.2, 0) is 27.5 Å². The molecule has 0 aliphatic carbocycles. The second-order valence-corrected chi connectivity index (χ2v) is 2.98. The first-order valence-electron chi connectivity index (χ1n) is 4.57. The van der Waals surface area contributed by atoms with Crippen molar-refractivity contribution in [3.05, 3.63) is 62.6 Å². The molecule has 0 fully saturated rings. The molecule has 0 spiro atoms. The molecule has 0 N–H and O–H groups in total. The molecule has 0 saturated heterocycles. The third kappa shape index (κ3) is 3.53. The molecule has 0 unspecified atom stereocenters. The van der Waals surface area contributed by atoms with E-state index in [-0.39, 0.29) is 28.5 Å². The molecule has 86 valence electrons. The third-order valence-corrected chi connectivity index (χ3v) is 1.99. The first-order valence-corrected chi connectivity index (χ1v) is 4.57. The van der Waals surface area contributed by atoms with E-state index >= 15 is 0 Å². The largest absolute Gasteiger partial charge is 2.00 e. The minimum Gasteiger partial charge on any atom is -0.358 e. The maximum Gasteiger partial charge on any atom is 2.00 e. The molecule has 0 atom stereocenters. The molecule has 2 aromatic rings. The number of pyridine rings is 2. The van der Waals surface area contributed by atoms with Gasteiger partial charge in [-0.05, 0) is 24.3 Å². The van der Waals surface area contributed by atoms with Crippen LogP contribution in [0, 0.1) is 14.4 Å². The van der Waals surface area contributed by atoms with Gasteiger partial charge in [0.05, 0.1) is 11.4 Å². The van der Waals surface area contributed by atoms with Crippen LogP contribution in [0.15, 0.2) is 42.6 Å². The van der Waals surface area contributed by atoms with Gasteiger partial charge in [0.15, 0.2) is 0 Å². The SMILES string of the molecule is [CH2-]Cc1cccc(-c2ccccn2)n1.[CH3-].[Pt+2]. The monoisotopic (exact) mass is 393 g/mol. The van der Waals surface area contributed by atoms with Crippen molar-refractivity contribution < 1.29 is 21.1 Å². The molecular formula is C13H14N2Pt. The van der Waals surface area contributed by atoms with E-state index in [9.17, 15) is 0 Å². The smallest absolute Gasteiger partial charge is 0.358 e. The van der Waals surface area contributed by atoms with Crippen LogP contribution < -0.4 is 0 Å². The quantitative estimate of drug-likeness (QED) is 0.734. The number of hydrogen-bond donors (Lipinski definition) is 0. The summed E-state index contributed by atoms with van der Waals surface area (Å²) in [7, 11) is 0. The van der Waals surface area contributed by atoms with E-state index < -0.39 is 0 Å². The Hall–Kier alpha value is -1.01. The van der Waals surface area contributed by atoms with Gasteiger partial charge in [0.25, 0.3) is 0 Å². The molecule has 0 amide bonds. The zero-order valence-corrected chi connectivity index (χ0v) is 11.4. The Labute approximate surface area is 111 Å². The van der Waals surface area contributed by atoms with E-state index in [1.54, 1.807) is 6.20 Å². The van der Waals surface area contributed by atoms with Gasteiger partial charge >= 0.3 is 21.1 Å². The van der Waals surface area contributed by atoms with Gasteiger partial charge in [-0.2, -0.15) is 0 Å². The maximum atomic E-state index is 4.44. The van der Waals surface area contributed by atoms with Crippen LogP contribution in [0.25, 0.3) is 11.4 Å². The van der Waals surface area contributed by atoms with Crippen molar-refractivity contribution in [3.63, 3.8) is 0 Å². The first kappa shape index (κ1) is 15.0. The number of rotatable bonds is 2. The van der Waals surface area contributed by atoms with E-state index in [1.807, 2.05) is 36.4 Å². The molecule has 0 aliphatic rings. The molecule has 2 heterocycles. The number of nitrogens with zero attached hydrogens (tertiary/aromatic N) is 2. The van der Waals surface area contributed by atoms with Crippen molar-refractivity contribution in [1.29, 1.82) is 0 Å². The molecule has 0 aromatic carbocycles. The summed E-state index contributed by atoms with van der Waals surface area (Å²) < 4.78 is 0. The van der Waals surface area contributed by atoms with Crippen molar-refractivity contribution in [1.82, 2.24) is 9.97 Å². The molecule has 0 radical (unpaired) electrons.